The lowest BCUT2D eigenvalue weighted by Crippen LogP contribution is -2.13. The van der Waals surface area contributed by atoms with Crippen molar-refractivity contribution < 1.29 is 14.3 Å². The van der Waals surface area contributed by atoms with E-state index in [1.165, 1.54) is 0 Å². The minimum absolute atomic E-state index is 0.354. The first kappa shape index (κ1) is 16.2. The number of para-hydroxylation sites is 2. The first-order valence-electron chi connectivity index (χ1n) is 8.45. The molecule has 0 bridgehead atoms. The Kier molecular flexibility index (Phi) is 3.88. The Morgan fingerprint density at radius 1 is 0.846 bits per heavy atom. The van der Waals surface area contributed by atoms with Gasteiger partial charge in [-0.15, -0.1) is 0 Å². The lowest BCUT2D eigenvalue weighted by atomic mass is 10.1. The fraction of sp³-hybridized carbons (Fsp3) is 0.136. The van der Waals surface area contributed by atoms with E-state index in [2.05, 4.69) is 0 Å². The number of hydrogen-bond acceptors (Lipinski definition) is 4. The number of hydrogen-bond donors (Lipinski definition) is 0. The Balaban J connectivity index is 2.06. The van der Waals surface area contributed by atoms with Crippen LogP contribution >= 0.6 is 0 Å². The zero-order valence-corrected chi connectivity index (χ0v) is 14.9. The smallest absolute Gasteiger partial charge is 0.345 e. The summed E-state index contributed by atoms with van der Waals surface area (Å²) in [6.45, 7) is 3.94. The molecule has 0 spiro atoms. The van der Waals surface area contributed by atoms with Crippen LogP contribution in [0.4, 0.5) is 17.1 Å². The topological polar surface area (TPSA) is 38.8 Å². The maximum absolute atomic E-state index is 12.8. The highest BCUT2D eigenvalue weighted by atomic mass is 16.5. The van der Waals surface area contributed by atoms with Crippen molar-refractivity contribution in [2.75, 3.05) is 12.0 Å². The van der Waals surface area contributed by atoms with E-state index in [1.54, 1.807) is 7.11 Å². The van der Waals surface area contributed by atoms with E-state index in [4.69, 9.17) is 9.47 Å². The standard InChI is InChI=1S/C22H19NO3/c1-14-8-10-17-16(12-14)22(24)26-21-13-15(2)9-11-19(21)23(17)18-6-4-5-7-20(18)25-3/h4-13H,1-3H3. The van der Waals surface area contributed by atoms with Crippen LogP contribution < -0.4 is 14.4 Å². The van der Waals surface area contributed by atoms with Crippen molar-refractivity contribution >= 4 is 23.0 Å². The van der Waals surface area contributed by atoms with E-state index in [9.17, 15) is 4.79 Å². The molecule has 0 fully saturated rings. The summed E-state index contributed by atoms with van der Waals surface area (Å²) in [6.07, 6.45) is 0. The number of carbonyl (C=O) groups is 1. The van der Waals surface area contributed by atoms with Gasteiger partial charge in [-0.3, -0.25) is 0 Å². The normalized spacial score (nSPS) is 12.7. The average molecular weight is 345 g/mol. The predicted molar refractivity (Wildman–Crippen MR) is 102 cm³/mol. The molecule has 0 amide bonds. The van der Waals surface area contributed by atoms with Crippen LogP contribution in [0.15, 0.2) is 60.7 Å². The quantitative estimate of drug-likeness (QED) is 0.466. The molecule has 1 aliphatic heterocycles. The third-order valence-electron chi connectivity index (χ3n) is 4.50. The fourth-order valence-electron chi connectivity index (χ4n) is 3.25. The summed E-state index contributed by atoms with van der Waals surface area (Å²) in [6, 6.07) is 19.4. The second-order valence-corrected chi connectivity index (χ2v) is 6.39. The zero-order chi connectivity index (χ0) is 18.3. The molecule has 1 aliphatic rings. The van der Waals surface area contributed by atoms with E-state index in [0.717, 1.165) is 33.9 Å². The molecular formula is C22H19NO3. The van der Waals surface area contributed by atoms with Crippen LogP contribution in [-0.2, 0) is 0 Å². The number of esters is 1. The van der Waals surface area contributed by atoms with Gasteiger partial charge in [0.05, 0.1) is 29.7 Å². The van der Waals surface area contributed by atoms with Gasteiger partial charge in [-0.05, 0) is 55.8 Å². The van der Waals surface area contributed by atoms with Crippen LogP contribution in [-0.4, -0.2) is 13.1 Å². The Bertz CT molecular complexity index is 1010. The van der Waals surface area contributed by atoms with Gasteiger partial charge in [0.25, 0.3) is 0 Å². The molecule has 0 unspecified atom stereocenters. The van der Waals surface area contributed by atoms with Crippen LogP contribution in [0.2, 0.25) is 0 Å². The number of carbonyl (C=O) groups excluding carboxylic acids is 1. The fourth-order valence-corrected chi connectivity index (χ4v) is 3.25. The molecule has 0 aromatic heterocycles. The third kappa shape index (κ3) is 2.60. The Hall–Kier alpha value is -3.27. The lowest BCUT2D eigenvalue weighted by Gasteiger charge is -2.27. The maximum atomic E-state index is 12.8. The molecule has 1 heterocycles. The SMILES string of the molecule is COc1ccccc1N1c2ccc(C)cc2OC(=O)c2cc(C)ccc21. The first-order valence-corrected chi connectivity index (χ1v) is 8.45. The number of rotatable bonds is 2. The highest BCUT2D eigenvalue weighted by Crippen LogP contribution is 2.47. The summed E-state index contributed by atoms with van der Waals surface area (Å²) in [7, 11) is 1.64. The van der Waals surface area contributed by atoms with Gasteiger partial charge in [0.1, 0.15) is 5.75 Å². The van der Waals surface area contributed by atoms with Crippen molar-refractivity contribution in [3.63, 3.8) is 0 Å². The van der Waals surface area contributed by atoms with Gasteiger partial charge in [-0.25, -0.2) is 4.79 Å². The Morgan fingerprint density at radius 3 is 2.31 bits per heavy atom. The summed E-state index contributed by atoms with van der Waals surface area (Å²) >= 11 is 0. The largest absolute Gasteiger partial charge is 0.495 e. The Labute approximate surface area is 152 Å². The molecule has 3 aromatic rings. The van der Waals surface area contributed by atoms with Crippen molar-refractivity contribution in [2.45, 2.75) is 13.8 Å². The summed E-state index contributed by atoms with van der Waals surface area (Å²) < 4.78 is 11.3. The molecule has 4 nitrogen and oxygen atoms in total. The van der Waals surface area contributed by atoms with Crippen molar-refractivity contribution in [1.29, 1.82) is 0 Å². The van der Waals surface area contributed by atoms with Crippen LogP contribution in [0.25, 0.3) is 0 Å². The molecule has 4 heteroatoms. The van der Waals surface area contributed by atoms with Crippen LogP contribution in [0.3, 0.4) is 0 Å². The van der Waals surface area contributed by atoms with E-state index in [-0.39, 0.29) is 5.97 Å². The summed E-state index contributed by atoms with van der Waals surface area (Å²) in [5.41, 5.74) is 4.98. The average Bonchev–Trinajstić information content (AvgIpc) is 2.75. The van der Waals surface area contributed by atoms with Gasteiger partial charge in [0.15, 0.2) is 5.75 Å². The highest BCUT2D eigenvalue weighted by molar-refractivity contribution is 6.03. The van der Waals surface area contributed by atoms with Crippen molar-refractivity contribution in [2.24, 2.45) is 0 Å². The van der Waals surface area contributed by atoms with E-state index in [1.807, 2.05) is 79.4 Å². The molecule has 130 valence electrons. The lowest BCUT2D eigenvalue weighted by molar-refractivity contribution is 0.0738. The van der Waals surface area contributed by atoms with Crippen LogP contribution in [0.5, 0.6) is 11.5 Å². The van der Waals surface area contributed by atoms with E-state index >= 15 is 0 Å². The van der Waals surface area contributed by atoms with Crippen molar-refractivity contribution in [3.8, 4) is 11.5 Å². The van der Waals surface area contributed by atoms with Crippen molar-refractivity contribution in [3.05, 3.63) is 77.4 Å². The number of fused-ring (bicyclic) bond motifs is 2. The monoisotopic (exact) mass is 345 g/mol. The molecule has 0 N–H and O–H groups in total. The number of ether oxygens (including phenoxy) is 2. The number of methoxy groups -OCH3 is 1. The molecule has 0 atom stereocenters. The van der Waals surface area contributed by atoms with Crippen LogP contribution in [0, 0.1) is 13.8 Å². The molecule has 0 radical (unpaired) electrons. The maximum Gasteiger partial charge on any atom is 0.345 e. The Morgan fingerprint density at radius 2 is 1.54 bits per heavy atom. The number of nitrogens with zero attached hydrogens (tertiary/aromatic N) is 1. The second-order valence-electron chi connectivity index (χ2n) is 6.39. The van der Waals surface area contributed by atoms with Gasteiger partial charge in [-0.1, -0.05) is 29.8 Å². The third-order valence-corrected chi connectivity index (χ3v) is 4.50. The first-order chi connectivity index (χ1) is 12.6. The predicted octanol–water partition coefficient (Wildman–Crippen LogP) is 5.31. The number of anilines is 3. The van der Waals surface area contributed by atoms with Gasteiger partial charge in [0, 0.05) is 0 Å². The molecular weight excluding hydrogens is 326 g/mol. The van der Waals surface area contributed by atoms with Gasteiger partial charge in [-0.2, -0.15) is 0 Å². The summed E-state index contributed by atoms with van der Waals surface area (Å²) in [5, 5.41) is 0. The molecule has 3 aromatic carbocycles. The minimum atomic E-state index is -0.354. The van der Waals surface area contributed by atoms with Gasteiger partial charge >= 0.3 is 5.97 Å². The van der Waals surface area contributed by atoms with E-state index in [0.29, 0.717) is 11.3 Å². The minimum Gasteiger partial charge on any atom is -0.495 e. The van der Waals surface area contributed by atoms with Gasteiger partial charge < -0.3 is 14.4 Å². The summed E-state index contributed by atoms with van der Waals surface area (Å²) in [5.74, 6) is 0.905. The molecule has 26 heavy (non-hydrogen) atoms. The highest BCUT2D eigenvalue weighted by Gasteiger charge is 2.29. The molecule has 0 saturated carbocycles. The molecule has 0 saturated heterocycles. The second kappa shape index (κ2) is 6.23. The van der Waals surface area contributed by atoms with Gasteiger partial charge in [0.2, 0.25) is 0 Å². The number of benzene rings is 3. The summed E-state index contributed by atoms with van der Waals surface area (Å²) in [4.78, 5) is 14.8. The number of aryl methyl sites for hydroxylation is 2. The van der Waals surface area contributed by atoms with E-state index < -0.39 is 0 Å². The van der Waals surface area contributed by atoms with Crippen molar-refractivity contribution in [1.82, 2.24) is 0 Å². The molecule has 0 aliphatic carbocycles. The van der Waals surface area contributed by atoms with Crippen LogP contribution in [0.1, 0.15) is 21.5 Å². The molecule has 4 rings (SSSR count). The zero-order valence-electron chi connectivity index (χ0n) is 14.9.